The zero-order valence-corrected chi connectivity index (χ0v) is 12.2. The fraction of sp³-hybridized carbons (Fsp3) is 0.571. The first-order chi connectivity index (χ1) is 9.76. The van der Waals surface area contributed by atoms with Crippen LogP contribution in [0.5, 0.6) is 0 Å². The molecule has 0 unspecified atom stereocenters. The Kier molecular flexibility index (Phi) is 4.34. The zero-order valence-electron chi connectivity index (χ0n) is 12.2. The van der Waals surface area contributed by atoms with E-state index in [4.69, 9.17) is 9.52 Å². The molecule has 0 aliphatic carbocycles. The normalized spacial score (nSPS) is 17.0. The van der Waals surface area contributed by atoms with E-state index in [0.717, 1.165) is 0 Å². The van der Waals surface area contributed by atoms with E-state index in [-0.39, 0.29) is 17.4 Å². The summed E-state index contributed by atoms with van der Waals surface area (Å²) in [4.78, 5) is 26.7. The molecule has 21 heavy (non-hydrogen) atoms. The van der Waals surface area contributed by atoms with E-state index in [1.54, 1.807) is 18.7 Å². The number of carboxylic acid groups (broad SMARTS) is 1. The molecule has 1 saturated heterocycles. The number of piperazine rings is 1. The topological polar surface area (TPSA) is 94.2 Å². The van der Waals surface area contributed by atoms with Crippen LogP contribution in [0.3, 0.4) is 0 Å². The summed E-state index contributed by atoms with van der Waals surface area (Å²) in [5.74, 6) is -1.68. The van der Waals surface area contributed by atoms with Crippen molar-refractivity contribution in [2.24, 2.45) is 0 Å². The maximum Gasteiger partial charge on any atom is 0.371 e. The monoisotopic (exact) mass is 296 g/mol. The van der Waals surface area contributed by atoms with Crippen molar-refractivity contribution < 1.29 is 24.2 Å². The van der Waals surface area contributed by atoms with Gasteiger partial charge in [-0.25, -0.2) is 4.79 Å². The van der Waals surface area contributed by atoms with Crippen LogP contribution in [0, 0.1) is 0 Å². The van der Waals surface area contributed by atoms with Crippen molar-refractivity contribution in [2.45, 2.75) is 19.4 Å². The second-order valence-electron chi connectivity index (χ2n) is 5.85. The standard InChI is InChI=1S/C14H20N2O5/c1-14(2,20)9-15-5-7-16(8-6-15)12(17)10-3-4-11(21-10)13(18)19/h3-4,20H,5-9H2,1-2H3,(H,18,19). The summed E-state index contributed by atoms with van der Waals surface area (Å²) < 4.78 is 5.02. The van der Waals surface area contributed by atoms with E-state index in [2.05, 4.69) is 4.90 Å². The molecular formula is C14H20N2O5. The van der Waals surface area contributed by atoms with E-state index in [1.165, 1.54) is 12.1 Å². The van der Waals surface area contributed by atoms with E-state index in [0.29, 0.717) is 32.7 Å². The lowest BCUT2D eigenvalue weighted by molar-refractivity contribution is 0.0171. The Morgan fingerprint density at radius 3 is 2.24 bits per heavy atom. The predicted octanol–water partition coefficient (Wildman–Crippen LogP) is 0.507. The molecule has 1 aromatic rings. The molecule has 0 bridgehead atoms. The number of nitrogens with zero attached hydrogens (tertiary/aromatic N) is 2. The van der Waals surface area contributed by atoms with Gasteiger partial charge < -0.3 is 19.5 Å². The average molecular weight is 296 g/mol. The number of furan rings is 1. The van der Waals surface area contributed by atoms with Gasteiger partial charge in [-0.3, -0.25) is 9.69 Å². The van der Waals surface area contributed by atoms with E-state index in [9.17, 15) is 14.7 Å². The van der Waals surface area contributed by atoms with Crippen LogP contribution in [-0.2, 0) is 0 Å². The number of rotatable bonds is 4. The van der Waals surface area contributed by atoms with E-state index in [1.807, 2.05) is 0 Å². The first-order valence-electron chi connectivity index (χ1n) is 6.83. The Labute approximate surface area is 122 Å². The molecule has 7 nitrogen and oxygen atoms in total. The first-order valence-corrected chi connectivity index (χ1v) is 6.83. The number of hydrogen-bond acceptors (Lipinski definition) is 5. The minimum atomic E-state index is -1.19. The summed E-state index contributed by atoms with van der Waals surface area (Å²) in [6.45, 7) is 6.45. The first kappa shape index (κ1) is 15.5. The minimum absolute atomic E-state index is 0.0448. The smallest absolute Gasteiger partial charge is 0.371 e. The van der Waals surface area contributed by atoms with Crippen molar-refractivity contribution in [2.75, 3.05) is 32.7 Å². The molecule has 2 N–H and O–H groups in total. The summed E-state index contributed by atoms with van der Waals surface area (Å²) in [5, 5.41) is 18.6. The third-order valence-electron chi connectivity index (χ3n) is 3.30. The highest BCUT2D eigenvalue weighted by molar-refractivity contribution is 5.93. The Morgan fingerprint density at radius 1 is 1.19 bits per heavy atom. The molecule has 1 amide bonds. The van der Waals surface area contributed by atoms with Gasteiger partial charge in [-0.2, -0.15) is 0 Å². The number of aromatic carboxylic acids is 1. The molecule has 1 aliphatic rings. The van der Waals surface area contributed by atoms with E-state index >= 15 is 0 Å². The van der Waals surface area contributed by atoms with Gasteiger partial charge in [-0.05, 0) is 26.0 Å². The number of carbonyl (C=O) groups is 2. The summed E-state index contributed by atoms with van der Waals surface area (Å²) in [6, 6.07) is 2.66. The van der Waals surface area contributed by atoms with Crippen molar-refractivity contribution in [3.8, 4) is 0 Å². The van der Waals surface area contributed by atoms with Crippen LogP contribution in [0.25, 0.3) is 0 Å². The van der Waals surface area contributed by atoms with Crippen LogP contribution in [-0.4, -0.2) is 70.2 Å². The number of carbonyl (C=O) groups excluding carboxylic acids is 1. The molecule has 0 atom stereocenters. The SMILES string of the molecule is CC(C)(O)CN1CCN(C(=O)c2ccc(C(=O)O)o2)CC1. The van der Waals surface area contributed by atoms with Gasteiger partial charge in [0.05, 0.1) is 5.60 Å². The van der Waals surface area contributed by atoms with Gasteiger partial charge in [-0.1, -0.05) is 0 Å². The van der Waals surface area contributed by atoms with Crippen molar-refractivity contribution >= 4 is 11.9 Å². The highest BCUT2D eigenvalue weighted by atomic mass is 16.4. The van der Waals surface area contributed by atoms with Gasteiger partial charge in [-0.15, -0.1) is 0 Å². The van der Waals surface area contributed by atoms with Crippen molar-refractivity contribution in [3.63, 3.8) is 0 Å². The fourth-order valence-electron chi connectivity index (χ4n) is 2.38. The highest BCUT2D eigenvalue weighted by Crippen LogP contribution is 2.14. The minimum Gasteiger partial charge on any atom is -0.475 e. The Bertz CT molecular complexity index is 524. The number of carboxylic acids is 1. The predicted molar refractivity (Wildman–Crippen MR) is 74.3 cm³/mol. The summed E-state index contributed by atoms with van der Waals surface area (Å²) in [6.07, 6.45) is 0. The van der Waals surface area contributed by atoms with Gasteiger partial charge in [0.15, 0.2) is 5.76 Å². The number of β-amino-alcohol motifs (C(OH)–C–C–N with tert-alkyl or cyclic N) is 1. The number of amides is 1. The Balaban J connectivity index is 1.92. The van der Waals surface area contributed by atoms with Crippen LogP contribution < -0.4 is 0 Å². The highest BCUT2D eigenvalue weighted by Gasteiger charge is 2.27. The Morgan fingerprint density at radius 2 is 1.76 bits per heavy atom. The summed E-state index contributed by atoms with van der Waals surface area (Å²) in [5.41, 5.74) is -0.760. The fourth-order valence-corrected chi connectivity index (χ4v) is 2.38. The molecule has 7 heteroatoms. The lowest BCUT2D eigenvalue weighted by Crippen LogP contribution is -2.51. The van der Waals surface area contributed by atoms with Crippen LogP contribution in [0.1, 0.15) is 35.0 Å². The lowest BCUT2D eigenvalue weighted by atomic mass is 10.1. The van der Waals surface area contributed by atoms with Crippen LogP contribution >= 0.6 is 0 Å². The largest absolute Gasteiger partial charge is 0.475 e. The molecule has 0 spiro atoms. The van der Waals surface area contributed by atoms with Crippen LogP contribution in [0.2, 0.25) is 0 Å². The van der Waals surface area contributed by atoms with Gasteiger partial charge in [0, 0.05) is 32.7 Å². The van der Waals surface area contributed by atoms with Gasteiger partial charge in [0.1, 0.15) is 0 Å². The molecule has 2 rings (SSSR count). The molecule has 116 valence electrons. The van der Waals surface area contributed by atoms with Crippen molar-refractivity contribution in [1.82, 2.24) is 9.80 Å². The molecule has 0 radical (unpaired) electrons. The molecule has 1 aliphatic heterocycles. The molecule has 2 heterocycles. The third kappa shape index (κ3) is 4.05. The maximum absolute atomic E-state index is 12.2. The maximum atomic E-state index is 12.2. The van der Waals surface area contributed by atoms with Crippen molar-refractivity contribution in [3.05, 3.63) is 23.7 Å². The van der Waals surface area contributed by atoms with Gasteiger partial charge in [0.25, 0.3) is 5.91 Å². The van der Waals surface area contributed by atoms with Crippen molar-refractivity contribution in [1.29, 1.82) is 0 Å². The van der Waals surface area contributed by atoms with Gasteiger partial charge >= 0.3 is 5.97 Å². The summed E-state index contributed by atoms with van der Waals surface area (Å²) in [7, 11) is 0. The Hall–Kier alpha value is -1.86. The molecule has 0 saturated carbocycles. The quantitative estimate of drug-likeness (QED) is 0.840. The number of hydrogen-bond donors (Lipinski definition) is 2. The summed E-state index contributed by atoms with van der Waals surface area (Å²) >= 11 is 0. The zero-order chi connectivity index (χ0) is 15.6. The third-order valence-corrected chi connectivity index (χ3v) is 3.30. The van der Waals surface area contributed by atoms with E-state index < -0.39 is 11.6 Å². The molecule has 1 fully saturated rings. The lowest BCUT2D eigenvalue weighted by Gasteiger charge is -2.36. The molecule has 0 aromatic carbocycles. The molecular weight excluding hydrogens is 276 g/mol. The van der Waals surface area contributed by atoms with Crippen LogP contribution in [0.4, 0.5) is 0 Å². The number of aliphatic hydroxyl groups is 1. The second-order valence-corrected chi connectivity index (χ2v) is 5.85. The van der Waals surface area contributed by atoms with Crippen LogP contribution in [0.15, 0.2) is 16.5 Å². The second kappa shape index (κ2) is 5.87. The average Bonchev–Trinajstić information content (AvgIpc) is 2.86. The van der Waals surface area contributed by atoms with Gasteiger partial charge in [0.2, 0.25) is 5.76 Å². The molecule has 1 aromatic heterocycles.